The van der Waals surface area contributed by atoms with E-state index in [-0.39, 0.29) is 40.6 Å². The van der Waals surface area contributed by atoms with E-state index in [1.807, 2.05) is 0 Å². The molecule has 0 amide bonds. The molecule has 0 radical (unpaired) electrons. The lowest BCUT2D eigenvalue weighted by atomic mass is 9.99. The summed E-state index contributed by atoms with van der Waals surface area (Å²) in [5.41, 5.74) is -0.379. The van der Waals surface area contributed by atoms with E-state index in [2.05, 4.69) is 0 Å². The molecule has 0 unspecified atom stereocenters. The summed E-state index contributed by atoms with van der Waals surface area (Å²) in [7, 11) is 1.38. The van der Waals surface area contributed by atoms with Crippen LogP contribution >= 0.6 is 0 Å². The van der Waals surface area contributed by atoms with Crippen molar-refractivity contribution >= 4 is 11.0 Å². The molecule has 2 aliphatic heterocycles. The number of rotatable bonds is 7. The second kappa shape index (κ2) is 12.0. The van der Waals surface area contributed by atoms with E-state index >= 15 is 0 Å². The van der Waals surface area contributed by atoms with Crippen molar-refractivity contribution in [2.45, 2.75) is 55.3 Å². The topological polar surface area (TPSA) is 238 Å². The Kier molecular flexibility index (Phi) is 8.56. The molecule has 2 fully saturated rings. The number of ether oxygens (including phenoxy) is 5. The highest BCUT2D eigenvalue weighted by Crippen LogP contribution is 2.35. The summed E-state index contributed by atoms with van der Waals surface area (Å²) in [6.07, 6.45) is -14.0. The van der Waals surface area contributed by atoms with Gasteiger partial charge in [-0.15, -0.1) is 0 Å². The number of hydrogen-bond donors (Lipinski definition) is 8. The van der Waals surface area contributed by atoms with Gasteiger partial charge in [0.25, 0.3) is 0 Å². The van der Waals surface area contributed by atoms with Crippen LogP contribution in [0.1, 0.15) is 0 Å². The number of phenolic OH excluding ortho intramolecular Hbond substituents is 2. The number of aromatic hydroxyl groups is 2. The van der Waals surface area contributed by atoms with Crippen LogP contribution in [0, 0.1) is 0 Å². The second-order valence-corrected chi connectivity index (χ2v) is 9.89. The van der Waals surface area contributed by atoms with Gasteiger partial charge in [0.15, 0.2) is 23.2 Å². The molecule has 228 valence electrons. The molecule has 8 N–H and O–H groups in total. The normalized spacial score (nSPS) is 31.6. The zero-order chi connectivity index (χ0) is 30.3. The van der Waals surface area contributed by atoms with Crippen LogP contribution in [0.25, 0.3) is 22.3 Å². The molecule has 2 aliphatic rings. The lowest BCUT2D eigenvalue weighted by molar-refractivity contribution is -0.307. The fraction of sp³-hybridized carbons (Fsp3) is 0.444. The summed E-state index contributed by atoms with van der Waals surface area (Å²) in [5, 5.41) is 81.3. The molecule has 15 heteroatoms. The number of hydrogen-bond acceptors (Lipinski definition) is 15. The van der Waals surface area contributed by atoms with Crippen LogP contribution in [0.5, 0.6) is 23.0 Å². The lowest BCUT2D eigenvalue weighted by Gasteiger charge is -2.41. The zero-order valence-electron chi connectivity index (χ0n) is 22.0. The Balaban J connectivity index is 1.36. The van der Waals surface area contributed by atoms with Gasteiger partial charge in [-0.1, -0.05) is 0 Å². The number of methoxy groups -OCH3 is 1. The maximum absolute atomic E-state index is 12.8. The fourth-order valence-electron chi connectivity index (χ4n) is 4.70. The van der Waals surface area contributed by atoms with Gasteiger partial charge in [-0.2, -0.15) is 0 Å². The summed E-state index contributed by atoms with van der Waals surface area (Å²) >= 11 is 0. The van der Waals surface area contributed by atoms with E-state index in [4.69, 9.17) is 28.1 Å². The third kappa shape index (κ3) is 5.74. The van der Waals surface area contributed by atoms with Crippen molar-refractivity contribution in [2.75, 3.05) is 20.3 Å². The first kappa shape index (κ1) is 30.0. The van der Waals surface area contributed by atoms with E-state index < -0.39 is 73.1 Å². The molecule has 2 saturated heterocycles. The van der Waals surface area contributed by atoms with Gasteiger partial charge in [0, 0.05) is 23.8 Å². The van der Waals surface area contributed by atoms with Crippen LogP contribution < -0.4 is 14.9 Å². The van der Waals surface area contributed by atoms with Crippen molar-refractivity contribution in [3.05, 3.63) is 46.6 Å². The number of fused-ring (bicyclic) bond motifs is 1. The van der Waals surface area contributed by atoms with Crippen molar-refractivity contribution in [3.63, 3.8) is 0 Å². The molecule has 5 rings (SSSR count). The van der Waals surface area contributed by atoms with Gasteiger partial charge < -0.3 is 69.0 Å². The smallest absolute Gasteiger partial charge is 0.229 e. The predicted octanol–water partition coefficient (Wildman–Crippen LogP) is -1.48. The SMILES string of the molecule is COc1ccc(-c2cc(=O)c3c(O)cc(O[C@H]4O[C@H](CO[C@@H]5OC[C@H](O)[C@@H](O)[C@H]5O)[C@@H](O)[C@H](O)[C@H]4O)cc3o2)cc1O. The maximum atomic E-state index is 12.8. The van der Waals surface area contributed by atoms with Gasteiger partial charge >= 0.3 is 0 Å². The first-order chi connectivity index (χ1) is 20.0. The third-order valence-corrected chi connectivity index (χ3v) is 7.05. The van der Waals surface area contributed by atoms with Gasteiger partial charge in [0.05, 0.1) is 20.3 Å². The van der Waals surface area contributed by atoms with Crippen molar-refractivity contribution in [2.24, 2.45) is 0 Å². The van der Waals surface area contributed by atoms with Crippen LogP contribution in [0.4, 0.5) is 0 Å². The Hall–Kier alpha value is -3.51. The largest absolute Gasteiger partial charge is 0.507 e. The summed E-state index contributed by atoms with van der Waals surface area (Å²) in [4.78, 5) is 12.8. The Morgan fingerprint density at radius 3 is 2.31 bits per heavy atom. The average Bonchev–Trinajstić information content (AvgIpc) is 2.96. The number of phenols is 2. The lowest BCUT2D eigenvalue weighted by Crippen LogP contribution is -2.61. The van der Waals surface area contributed by atoms with E-state index in [9.17, 15) is 45.6 Å². The van der Waals surface area contributed by atoms with Crippen molar-refractivity contribution in [1.82, 2.24) is 0 Å². The summed E-state index contributed by atoms with van der Waals surface area (Å²) < 4.78 is 32.6. The highest BCUT2D eigenvalue weighted by Gasteiger charge is 2.46. The minimum atomic E-state index is -1.77. The molecular formula is C27H30O15. The summed E-state index contributed by atoms with van der Waals surface area (Å²) in [6, 6.07) is 7.78. The third-order valence-electron chi connectivity index (χ3n) is 7.05. The average molecular weight is 595 g/mol. The highest BCUT2D eigenvalue weighted by molar-refractivity contribution is 5.86. The molecule has 1 aromatic heterocycles. The Bertz CT molecular complexity index is 1470. The molecule has 0 bridgehead atoms. The fourth-order valence-corrected chi connectivity index (χ4v) is 4.70. The van der Waals surface area contributed by atoms with Gasteiger partial charge in [-0.3, -0.25) is 4.79 Å². The van der Waals surface area contributed by atoms with E-state index in [1.54, 1.807) is 6.07 Å². The molecule has 0 spiro atoms. The summed E-state index contributed by atoms with van der Waals surface area (Å²) in [6.45, 7) is -0.821. The Morgan fingerprint density at radius 1 is 0.857 bits per heavy atom. The molecule has 42 heavy (non-hydrogen) atoms. The molecule has 0 aliphatic carbocycles. The quantitative estimate of drug-likeness (QED) is 0.156. The molecule has 9 atom stereocenters. The Labute approximate surface area is 236 Å². The molecular weight excluding hydrogens is 564 g/mol. The summed E-state index contributed by atoms with van der Waals surface area (Å²) in [5.74, 6) is -0.602. The molecule has 0 saturated carbocycles. The van der Waals surface area contributed by atoms with Crippen molar-refractivity contribution < 1.29 is 69.0 Å². The van der Waals surface area contributed by atoms with Crippen LogP contribution in [0.2, 0.25) is 0 Å². The van der Waals surface area contributed by atoms with Crippen LogP contribution in [-0.4, -0.2) is 116 Å². The molecule has 3 aromatic rings. The molecule has 3 heterocycles. The minimum Gasteiger partial charge on any atom is -0.507 e. The van der Waals surface area contributed by atoms with Crippen molar-refractivity contribution in [3.8, 4) is 34.3 Å². The van der Waals surface area contributed by atoms with Gasteiger partial charge in [-0.05, 0) is 18.2 Å². The second-order valence-electron chi connectivity index (χ2n) is 9.89. The molecule has 2 aromatic carbocycles. The van der Waals surface area contributed by atoms with Crippen molar-refractivity contribution in [1.29, 1.82) is 0 Å². The van der Waals surface area contributed by atoms with Gasteiger partial charge in [0.1, 0.15) is 71.0 Å². The predicted molar refractivity (Wildman–Crippen MR) is 139 cm³/mol. The Morgan fingerprint density at radius 2 is 1.60 bits per heavy atom. The first-order valence-electron chi connectivity index (χ1n) is 12.8. The maximum Gasteiger partial charge on any atom is 0.229 e. The molecule has 15 nitrogen and oxygen atoms in total. The first-order valence-corrected chi connectivity index (χ1v) is 12.8. The van der Waals surface area contributed by atoms with Gasteiger partial charge in [-0.25, -0.2) is 0 Å². The van der Waals surface area contributed by atoms with E-state index in [0.717, 1.165) is 12.1 Å². The van der Waals surface area contributed by atoms with E-state index in [0.29, 0.717) is 5.56 Å². The number of aliphatic hydroxyl groups is 6. The number of aliphatic hydroxyl groups excluding tert-OH is 6. The number of benzene rings is 2. The monoisotopic (exact) mass is 594 g/mol. The van der Waals surface area contributed by atoms with Crippen LogP contribution in [0.3, 0.4) is 0 Å². The zero-order valence-corrected chi connectivity index (χ0v) is 22.0. The highest BCUT2D eigenvalue weighted by atomic mass is 16.7. The van der Waals surface area contributed by atoms with Crippen LogP contribution in [0.15, 0.2) is 45.6 Å². The van der Waals surface area contributed by atoms with Crippen LogP contribution in [-0.2, 0) is 14.2 Å². The van der Waals surface area contributed by atoms with E-state index in [1.165, 1.54) is 25.3 Å². The standard InChI is InChI=1S/C27H30O15/c1-37-16-3-2-10(4-12(16)28)17-7-14(30)20-13(29)5-11(6-18(20)41-17)40-27-25(36)23(34)22(33)19(42-27)9-39-26-24(35)21(32)15(31)8-38-26/h2-7,15,19,21-29,31-36H,8-9H2,1H3/t15-,19+,21+,22+,23-,24+,25+,26-,27-/m0/s1. The minimum absolute atomic E-state index is 0.0523. The van der Waals surface area contributed by atoms with Gasteiger partial charge in [0.2, 0.25) is 6.29 Å².